The van der Waals surface area contributed by atoms with E-state index in [1.54, 1.807) is 6.08 Å². The molecule has 0 spiro atoms. The van der Waals surface area contributed by atoms with E-state index in [9.17, 15) is 28.2 Å². The topological polar surface area (TPSA) is 84.8 Å². The summed E-state index contributed by atoms with van der Waals surface area (Å²) in [6.45, 7) is 2.47. The third kappa shape index (κ3) is 3.90. The largest absolute Gasteiger partial charge is 0.362 e. The Kier molecular flexibility index (Phi) is 5.26. The van der Waals surface area contributed by atoms with Crippen molar-refractivity contribution >= 4 is 22.2 Å². The van der Waals surface area contributed by atoms with Crippen LogP contribution in [0.2, 0.25) is 0 Å². The van der Waals surface area contributed by atoms with Crippen molar-refractivity contribution in [1.82, 2.24) is 10.4 Å². The molecule has 1 unspecified atom stereocenters. The maximum atomic E-state index is 14.5. The molecule has 0 saturated carbocycles. The van der Waals surface area contributed by atoms with Crippen LogP contribution < -0.4 is 10.7 Å². The first-order valence-electron chi connectivity index (χ1n) is 9.21. The molecule has 1 aromatic heterocycles. The predicted molar refractivity (Wildman–Crippen MR) is 110 cm³/mol. The van der Waals surface area contributed by atoms with Gasteiger partial charge in [-0.1, -0.05) is 12.1 Å². The number of allylic oxidation sites excluding steroid dienone is 3. The number of amides is 1. The normalized spacial score (nSPS) is 18.0. The number of hydrogen-bond donors (Lipinski definition) is 4. The van der Waals surface area contributed by atoms with Crippen LogP contribution in [0.4, 0.5) is 18.2 Å². The zero-order valence-corrected chi connectivity index (χ0v) is 17.2. The summed E-state index contributed by atoms with van der Waals surface area (Å²) in [6.07, 6.45) is 5.50. The lowest BCUT2D eigenvalue weighted by Gasteiger charge is -2.22. The number of hydrazine groups is 1. The van der Waals surface area contributed by atoms with Crippen molar-refractivity contribution in [3.05, 3.63) is 76.2 Å². The smallest absolute Gasteiger partial charge is 0.247 e. The highest BCUT2D eigenvalue weighted by molar-refractivity contribution is 7.15. The van der Waals surface area contributed by atoms with E-state index in [2.05, 4.69) is 10.7 Å². The second-order valence-corrected chi connectivity index (χ2v) is 8.22. The lowest BCUT2D eigenvalue weighted by Crippen LogP contribution is -2.41. The van der Waals surface area contributed by atoms with Gasteiger partial charge in [-0.2, -0.15) is 0 Å². The zero-order valence-electron chi connectivity index (χ0n) is 16.4. The number of halogens is 3. The number of benzene rings is 1. The van der Waals surface area contributed by atoms with Crippen LogP contribution in [-0.2, 0) is 10.6 Å². The van der Waals surface area contributed by atoms with Gasteiger partial charge in [-0.25, -0.2) is 18.6 Å². The quantitative estimate of drug-likeness (QED) is 0.537. The summed E-state index contributed by atoms with van der Waals surface area (Å²) in [6, 6.07) is 1.85. The second-order valence-electron chi connectivity index (χ2n) is 7.34. The van der Waals surface area contributed by atoms with Gasteiger partial charge in [0.25, 0.3) is 0 Å². The maximum Gasteiger partial charge on any atom is 0.247 e. The minimum absolute atomic E-state index is 0.0484. The molecular formula is C21H18F3N3O3S. The average molecular weight is 449 g/mol. The van der Waals surface area contributed by atoms with E-state index >= 15 is 0 Å². The molecule has 6 nitrogen and oxygen atoms in total. The summed E-state index contributed by atoms with van der Waals surface area (Å²) in [4.78, 5) is 12.8. The fourth-order valence-electron chi connectivity index (χ4n) is 3.39. The van der Waals surface area contributed by atoms with E-state index in [1.807, 2.05) is 0 Å². The molecule has 10 heteroatoms. The van der Waals surface area contributed by atoms with Crippen LogP contribution in [0.5, 0.6) is 0 Å². The minimum atomic E-state index is -2.45. The molecule has 31 heavy (non-hydrogen) atoms. The highest BCUT2D eigenvalue weighted by Gasteiger charge is 2.33. The zero-order chi connectivity index (χ0) is 22.5. The van der Waals surface area contributed by atoms with Crippen molar-refractivity contribution in [2.45, 2.75) is 25.7 Å². The van der Waals surface area contributed by atoms with Gasteiger partial charge in [0.05, 0.1) is 17.5 Å². The van der Waals surface area contributed by atoms with Crippen molar-refractivity contribution in [3.63, 3.8) is 0 Å². The SMILES string of the molecule is Cc1ccc(-c2csc(NC(=O)C3C=C4C=CC(F)=CN4N3)c2C(C)(O)O)c(F)c1F. The van der Waals surface area contributed by atoms with Gasteiger partial charge in [-0.3, -0.25) is 9.80 Å². The lowest BCUT2D eigenvalue weighted by molar-refractivity contribution is -0.151. The van der Waals surface area contributed by atoms with E-state index in [0.29, 0.717) is 5.70 Å². The molecule has 4 rings (SSSR count). The van der Waals surface area contributed by atoms with Crippen LogP contribution in [0.1, 0.15) is 18.1 Å². The van der Waals surface area contributed by atoms with Crippen LogP contribution >= 0.6 is 11.3 Å². The first kappa shape index (κ1) is 21.3. The first-order chi connectivity index (χ1) is 14.6. The first-order valence-corrected chi connectivity index (χ1v) is 10.1. The Hall–Kier alpha value is -2.92. The summed E-state index contributed by atoms with van der Waals surface area (Å²) in [5, 5.41) is 26.0. The van der Waals surface area contributed by atoms with E-state index < -0.39 is 35.2 Å². The molecule has 4 N–H and O–H groups in total. The molecule has 1 atom stereocenters. The summed E-state index contributed by atoms with van der Waals surface area (Å²) in [5.41, 5.74) is 3.20. The van der Waals surface area contributed by atoms with Crippen molar-refractivity contribution in [1.29, 1.82) is 0 Å². The van der Waals surface area contributed by atoms with E-state index in [4.69, 9.17) is 0 Å². The van der Waals surface area contributed by atoms with Crippen molar-refractivity contribution in [2.75, 3.05) is 5.32 Å². The lowest BCUT2D eigenvalue weighted by atomic mass is 9.97. The fourth-order valence-corrected chi connectivity index (χ4v) is 4.45. The highest BCUT2D eigenvalue weighted by atomic mass is 32.1. The Bertz CT molecular complexity index is 1160. The van der Waals surface area contributed by atoms with Crippen molar-refractivity contribution in [2.24, 2.45) is 0 Å². The fraction of sp³-hybridized carbons (Fsp3) is 0.190. The van der Waals surface area contributed by atoms with Crippen LogP contribution in [0.3, 0.4) is 0 Å². The molecule has 2 aliphatic rings. The molecule has 0 aliphatic carbocycles. The Labute approximate surface area is 179 Å². The molecule has 1 aromatic carbocycles. The molecule has 0 radical (unpaired) electrons. The molecule has 2 aromatic rings. The summed E-state index contributed by atoms with van der Waals surface area (Å²) in [5.74, 6) is -5.65. The van der Waals surface area contributed by atoms with Gasteiger partial charge in [0, 0.05) is 16.5 Å². The van der Waals surface area contributed by atoms with Gasteiger partial charge in [-0.15, -0.1) is 11.3 Å². The Morgan fingerprint density at radius 2 is 1.94 bits per heavy atom. The van der Waals surface area contributed by atoms with E-state index in [1.165, 1.54) is 47.8 Å². The predicted octanol–water partition coefficient (Wildman–Crippen LogP) is 3.55. The standard InChI is InChI=1S/C21H18F3N3O3S/c1-10-3-6-13(18(24)17(10)23)14-9-31-20(16(14)21(2,29)30)25-19(28)15-7-12-5-4-11(22)8-27(12)26-15/h3-9,15,26,29-30H,1-2H3,(H,25,28). The minimum Gasteiger partial charge on any atom is -0.362 e. The van der Waals surface area contributed by atoms with E-state index in [-0.39, 0.29) is 27.3 Å². The van der Waals surface area contributed by atoms with Gasteiger partial charge in [-0.05, 0) is 37.6 Å². The molecule has 0 saturated heterocycles. The van der Waals surface area contributed by atoms with Gasteiger partial charge in [0.1, 0.15) is 16.9 Å². The number of anilines is 1. The summed E-state index contributed by atoms with van der Waals surface area (Å²) >= 11 is 0.941. The average Bonchev–Trinajstić information content (AvgIpc) is 3.30. The number of aryl methyl sites for hydroxylation is 1. The molecule has 0 fully saturated rings. The second kappa shape index (κ2) is 7.65. The molecule has 1 amide bonds. The molecule has 3 heterocycles. The third-order valence-electron chi connectivity index (χ3n) is 4.91. The number of rotatable bonds is 4. The summed E-state index contributed by atoms with van der Waals surface area (Å²) in [7, 11) is 0. The van der Waals surface area contributed by atoms with Crippen LogP contribution in [0.15, 0.2) is 53.5 Å². The number of thiophene rings is 1. The van der Waals surface area contributed by atoms with Crippen LogP contribution in [-0.4, -0.2) is 27.2 Å². The maximum absolute atomic E-state index is 14.5. The van der Waals surface area contributed by atoms with Gasteiger partial charge >= 0.3 is 0 Å². The number of hydrogen-bond acceptors (Lipinski definition) is 6. The summed E-state index contributed by atoms with van der Waals surface area (Å²) < 4.78 is 42.0. The molecule has 2 aliphatic heterocycles. The van der Waals surface area contributed by atoms with Crippen molar-refractivity contribution in [3.8, 4) is 11.1 Å². The number of aliphatic hydroxyl groups is 2. The monoisotopic (exact) mass is 449 g/mol. The molecule has 162 valence electrons. The van der Waals surface area contributed by atoms with Crippen molar-refractivity contribution < 1.29 is 28.2 Å². The van der Waals surface area contributed by atoms with Gasteiger partial charge in [0.15, 0.2) is 17.4 Å². The Balaban J connectivity index is 1.66. The number of carbonyl (C=O) groups excluding carboxylic acids is 1. The van der Waals surface area contributed by atoms with Gasteiger partial charge in [0.2, 0.25) is 5.91 Å². The van der Waals surface area contributed by atoms with Crippen LogP contribution in [0.25, 0.3) is 11.1 Å². The number of carbonyl (C=O) groups is 1. The Morgan fingerprint density at radius 1 is 1.19 bits per heavy atom. The van der Waals surface area contributed by atoms with Gasteiger partial charge < -0.3 is 15.5 Å². The highest BCUT2D eigenvalue weighted by Crippen LogP contribution is 2.42. The number of nitrogens with zero attached hydrogens (tertiary/aromatic N) is 1. The van der Waals surface area contributed by atoms with E-state index in [0.717, 1.165) is 18.3 Å². The number of nitrogens with one attached hydrogen (secondary N) is 2. The number of fused-ring (bicyclic) bond motifs is 1. The third-order valence-corrected chi connectivity index (χ3v) is 5.80. The Morgan fingerprint density at radius 3 is 2.65 bits per heavy atom. The molecule has 0 bridgehead atoms. The van der Waals surface area contributed by atoms with Crippen LogP contribution in [0, 0.1) is 18.6 Å². The molecular weight excluding hydrogens is 431 g/mol.